The highest BCUT2D eigenvalue weighted by atomic mass is 16.6. The van der Waals surface area contributed by atoms with E-state index in [0.29, 0.717) is 0 Å². The van der Waals surface area contributed by atoms with E-state index in [1.807, 2.05) is 0 Å². The maximum Gasteiger partial charge on any atom is 0.407 e. The molecule has 1 rings (SSSR count). The van der Waals surface area contributed by atoms with Crippen molar-refractivity contribution in [1.29, 1.82) is 5.26 Å². The molecule has 0 saturated heterocycles. The lowest BCUT2D eigenvalue weighted by Crippen LogP contribution is -2.39. The molecular weight excluding hydrogens is 318 g/mol. The molecule has 0 radical (unpaired) electrons. The Balaban J connectivity index is 2.79. The lowest BCUT2D eigenvalue weighted by Gasteiger charge is -2.22. The molecule has 130 valence electrons. The first-order chi connectivity index (χ1) is 11.0. The number of rotatable bonds is 5. The van der Waals surface area contributed by atoms with Crippen molar-refractivity contribution in [2.75, 3.05) is 6.54 Å². The van der Waals surface area contributed by atoms with Crippen LogP contribution < -0.4 is 5.32 Å². The number of nitrogens with zero attached hydrogens (tertiary/aromatic N) is 2. The van der Waals surface area contributed by atoms with Crippen molar-refractivity contribution in [2.45, 2.75) is 38.6 Å². The van der Waals surface area contributed by atoms with E-state index in [-0.39, 0.29) is 23.4 Å². The van der Waals surface area contributed by atoms with Crippen LogP contribution in [-0.4, -0.2) is 39.5 Å². The number of carbonyl (C=O) groups excluding carboxylic acids is 1. The number of aliphatic hydroxyl groups is 2. The maximum atomic E-state index is 11.5. The van der Waals surface area contributed by atoms with Gasteiger partial charge in [0.1, 0.15) is 17.8 Å². The predicted octanol–water partition coefficient (Wildman–Crippen LogP) is 1.39. The van der Waals surface area contributed by atoms with Crippen LogP contribution in [0.4, 0.5) is 10.5 Å². The Kier molecular flexibility index (Phi) is 6.22. The van der Waals surface area contributed by atoms with E-state index >= 15 is 0 Å². The topological polar surface area (TPSA) is 146 Å². The van der Waals surface area contributed by atoms with Crippen molar-refractivity contribution >= 4 is 11.8 Å². The Morgan fingerprint density at radius 3 is 2.58 bits per heavy atom. The number of nitrogens with one attached hydrogen (secondary N) is 1. The minimum atomic E-state index is -1.50. The summed E-state index contributed by atoms with van der Waals surface area (Å²) >= 11 is 0. The number of nitro benzene ring substituents is 1. The van der Waals surface area contributed by atoms with Gasteiger partial charge in [0.15, 0.2) is 0 Å². The molecule has 1 aromatic carbocycles. The molecule has 0 fully saturated rings. The Labute approximate surface area is 138 Å². The summed E-state index contributed by atoms with van der Waals surface area (Å²) in [6.07, 6.45) is -3.69. The Morgan fingerprint density at radius 1 is 1.46 bits per heavy atom. The van der Waals surface area contributed by atoms with E-state index in [4.69, 9.17) is 10.00 Å². The van der Waals surface area contributed by atoms with Crippen LogP contribution in [0.3, 0.4) is 0 Å². The molecule has 24 heavy (non-hydrogen) atoms. The van der Waals surface area contributed by atoms with Crippen LogP contribution in [0.2, 0.25) is 0 Å². The molecule has 0 spiro atoms. The van der Waals surface area contributed by atoms with E-state index in [0.717, 1.165) is 12.1 Å². The molecule has 9 heteroatoms. The molecule has 0 saturated carbocycles. The number of nitriles is 1. The molecule has 0 bridgehead atoms. The summed E-state index contributed by atoms with van der Waals surface area (Å²) in [6.45, 7) is 4.70. The monoisotopic (exact) mass is 337 g/mol. The van der Waals surface area contributed by atoms with Gasteiger partial charge >= 0.3 is 6.09 Å². The number of benzene rings is 1. The first-order valence-corrected chi connectivity index (χ1v) is 7.06. The Bertz CT molecular complexity index is 662. The number of alkyl carbamates (subject to hydrolysis) is 1. The maximum absolute atomic E-state index is 11.5. The summed E-state index contributed by atoms with van der Waals surface area (Å²) < 4.78 is 4.99. The van der Waals surface area contributed by atoms with Gasteiger partial charge in [-0.25, -0.2) is 4.79 Å². The van der Waals surface area contributed by atoms with Crippen molar-refractivity contribution < 1.29 is 24.7 Å². The van der Waals surface area contributed by atoms with Gasteiger partial charge in [-0.05, 0) is 26.8 Å². The van der Waals surface area contributed by atoms with Crippen LogP contribution in [0.5, 0.6) is 0 Å². The van der Waals surface area contributed by atoms with Crippen LogP contribution >= 0.6 is 0 Å². The van der Waals surface area contributed by atoms with Crippen molar-refractivity contribution in [2.24, 2.45) is 0 Å². The number of ether oxygens (including phenoxy) is 1. The zero-order valence-electron chi connectivity index (χ0n) is 13.5. The molecule has 2 unspecified atom stereocenters. The average Bonchev–Trinajstić information content (AvgIpc) is 2.49. The number of amides is 1. The minimum absolute atomic E-state index is 0.0292. The third-order valence-corrected chi connectivity index (χ3v) is 2.91. The van der Waals surface area contributed by atoms with E-state index in [1.54, 1.807) is 26.8 Å². The summed E-state index contributed by atoms with van der Waals surface area (Å²) in [5, 5.41) is 42.1. The first kappa shape index (κ1) is 19.3. The second kappa shape index (κ2) is 7.72. The van der Waals surface area contributed by atoms with Crippen LogP contribution in [0, 0.1) is 21.4 Å². The third kappa shape index (κ3) is 5.49. The normalized spacial score (nSPS) is 13.5. The zero-order valence-corrected chi connectivity index (χ0v) is 13.5. The number of nitro groups is 1. The molecule has 0 aliphatic heterocycles. The van der Waals surface area contributed by atoms with Gasteiger partial charge in [-0.15, -0.1) is 0 Å². The quantitative estimate of drug-likeness (QED) is 0.543. The van der Waals surface area contributed by atoms with Crippen molar-refractivity contribution in [3.63, 3.8) is 0 Å². The lowest BCUT2D eigenvalue weighted by molar-refractivity contribution is -0.384. The smallest absolute Gasteiger partial charge is 0.407 e. The molecular formula is C15H19N3O6. The van der Waals surface area contributed by atoms with Gasteiger partial charge in [0.25, 0.3) is 5.69 Å². The molecule has 0 aliphatic carbocycles. The molecule has 9 nitrogen and oxygen atoms in total. The average molecular weight is 337 g/mol. The van der Waals surface area contributed by atoms with E-state index in [1.165, 1.54) is 6.07 Å². The van der Waals surface area contributed by atoms with Crippen LogP contribution in [-0.2, 0) is 4.74 Å². The lowest BCUT2D eigenvalue weighted by atomic mass is 9.98. The summed E-state index contributed by atoms with van der Waals surface area (Å²) in [4.78, 5) is 21.5. The van der Waals surface area contributed by atoms with Crippen molar-refractivity contribution in [3.8, 4) is 6.07 Å². The SMILES string of the molecule is CC(C)(C)OC(=O)NCC(O)C(O)c1ccc([N+](=O)[O-])cc1C#N. The first-order valence-electron chi connectivity index (χ1n) is 7.06. The fourth-order valence-corrected chi connectivity index (χ4v) is 1.83. The molecule has 0 aromatic heterocycles. The molecule has 0 heterocycles. The Hall–Kier alpha value is -2.70. The zero-order chi connectivity index (χ0) is 18.5. The largest absolute Gasteiger partial charge is 0.444 e. The van der Waals surface area contributed by atoms with Gasteiger partial charge in [-0.3, -0.25) is 10.1 Å². The fourth-order valence-electron chi connectivity index (χ4n) is 1.83. The highest BCUT2D eigenvalue weighted by molar-refractivity contribution is 5.67. The molecule has 1 amide bonds. The fraction of sp³-hybridized carbons (Fsp3) is 0.467. The second-order valence-electron chi connectivity index (χ2n) is 6.04. The van der Waals surface area contributed by atoms with E-state index < -0.39 is 28.8 Å². The molecule has 1 aromatic rings. The van der Waals surface area contributed by atoms with Crippen LogP contribution in [0.1, 0.15) is 38.0 Å². The number of hydrogen-bond acceptors (Lipinski definition) is 7. The predicted molar refractivity (Wildman–Crippen MR) is 83.0 cm³/mol. The van der Waals surface area contributed by atoms with Gasteiger partial charge in [-0.2, -0.15) is 5.26 Å². The van der Waals surface area contributed by atoms with Gasteiger partial charge in [-0.1, -0.05) is 0 Å². The minimum Gasteiger partial charge on any atom is -0.444 e. The van der Waals surface area contributed by atoms with Crippen molar-refractivity contribution in [1.82, 2.24) is 5.32 Å². The standard InChI is InChI=1S/C15H19N3O6/c1-15(2,3)24-14(21)17-8-12(19)13(20)11-5-4-10(18(22)23)6-9(11)7-16/h4-6,12-13,19-20H,8H2,1-3H3,(H,17,21). The summed E-state index contributed by atoms with van der Waals surface area (Å²) in [6, 6.07) is 5.05. The summed E-state index contributed by atoms with van der Waals surface area (Å²) in [5.74, 6) is 0. The summed E-state index contributed by atoms with van der Waals surface area (Å²) in [7, 11) is 0. The molecule has 2 atom stereocenters. The van der Waals surface area contributed by atoms with Gasteiger partial charge in [0.05, 0.1) is 16.6 Å². The van der Waals surface area contributed by atoms with Gasteiger partial charge < -0.3 is 20.3 Å². The highest BCUT2D eigenvalue weighted by Crippen LogP contribution is 2.24. The van der Waals surface area contributed by atoms with E-state index in [2.05, 4.69) is 5.32 Å². The molecule has 0 aliphatic rings. The van der Waals surface area contributed by atoms with Gasteiger partial charge in [0.2, 0.25) is 0 Å². The third-order valence-electron chi connectivity index (χ3n) is 2.91. The number of aliphatic hydroxyl groups excluding tert-OH is 2. The van der Waals surface area contributed by atoms with Crippen molar-refractivity contribution in [3.05, 3.63) is 39.4 Å². The number of carbonyl (C=O) groups is 1. The second-order valence-corrected chi connectivity index (χ2v) is 6.04. The molecule has 3 N–H and O–H groups in total. The van der Waals surface area contributed by atoms with E-state index in [9.17, 15) is 25.1 Å². The summed E-state index contributed by atoms with van der Waals surface area (Å²) in [5.41, 5.74) is -1.11. The number of hydrogen-bond donors (Lipinski definition) is 3. The highest BCUT2D eigenvalue weighted by Gasteiger charge is 2.24. The Morgan fingerprint density at radius 2 is 2.08 bits per heavy atom. The number of non-ortho nitro benzene ring substituents is 1. The van der Waals surface area contributed by atoms with Gasteiger partial charge in [0, 0.05) is 24.2 Å². The van der Waals surface area contributed by atoms with Crippen LogP contribution in [0.25, 0.3) is 0 Å². The van der Waals surface area contributed by atoms with Crippen LogP contribution in [0.15, 0.2) is 18.2 Å².